The van der Waals surface area contributed by atoms with Crippen molar-refractivity contribution < 1.29 is 13.2 Å². The predicted octanol–water partition coefficient (Wildman–Crippen LogP) is 4.77. The Morgan fingerprint density at radius 3 is 2.55 bits per heavy atom. The molecule has 0 saturated heterocycles. The molecule has 160 valence electrons. The number of nitriles is 1. The second-order valence-corrected chi connectivity index (χ2v) is 10.8. The molecule has 3 aromatic rings. The van der Waals surface area contributed by atoms with Gasteiger partial charge in [0.1, 0.15) is 5.69 Å². The topological polar surface area (TPSA) is 103 Å². The SMILES string of the molecule is Cc1sc(N(Cc2ccc(Br)c(Cl)c2)c2ccc(C#N)cc2)nc1C(=O)NS(C)(=O)=O. The molecule has 1 aromatic heterocycles. The number of aromatic nitrogens is 1. The third-order valence-corrected chi connectivity index (χ3v) is 6.92. The van der Waals surface area contributed by atoms with Gasteiger partial charge >= 0.3 is 0 Å². The number of carbonyl (C=O) groups is 1. The summed E-state index contributed by atoms with van der Waals surface area (Å²) >= 11 is 10.9. The summed E-state index contributed by atoms with van der Waals surface area (Å²) in [7, 11) is -3.71. The number of benzene rings is 2. The highest BCUT2D eigenvalue weighted by Crippen LogP contribution is 2.34. The standard InChI is InChI=1S/C20H16BrClN4O3S2/c1-12-18(19(27)25-31(2,28)29)24-20(30-12)26(15-6-3-13(10-23)4-7-15)11-14-5-8-16(21)17(22)9-14/h3-9H,11H2,1-2H3,(H,25,27). The minimum absolute atomic E-state index is 0.0397. The fourth-order valence-corrected chi connectivity index (χ4v) is 4.54. The zero-order valence-electron chi connectivity index (χ0n) is 16.4. The molecule has 7 nitrogen and oxygen atoms in total. The molecule has 1 N–H and O–H groups in total. The van der Waals surface area contributed by atoms with Crippen LogP contribution in [0.5, 0.6) is 0 Å². The van der Waals surface area contributed by atoms with Crippen molar-refractivity contribution in [2.24, 2.45) is 0 Å². The molecule has 0 unspecified atom stereocenters. The Balaban J connectivity index is 2.03. The lowest BCUT2D eigenvalue weighted by atomic mass is 10.2. The molecule has 3 rings (SSSR count). The highest BCUT2D eigenvalue weighted by molar-refractivity contribution is 9.10. The highest BCUT2D eigenvalue weighted by atomic mass is 79.9. The maximum atomic E-state index is 12.4. The van der Waals surface area contributed by atoms with E-state index in [1.54, 1.807) is 31.2 Å². The van der Waals surface area contributed by atoms with Crippen LogP contribution in [0.2, 0.25) is 5.02 Å². The van der Waals surface area contributed by atoms with Gasteiger partial charge < -0.3 is 4.90 Å². The number of halogens is 2. The highest BCUT2D eigenvalue weighted by Gasteiger charge is 2.22. The molecular formula is C20H16BrClN4O3S2. The number of nitrogens with zero attached hydrogens (tertiary/aromatic N) is 3. The number of nitrogens with one attached hydrogen (secondary N) is 1. The lowest BCUT2D eigenvalue weighted by Crippen LogP contribution is -2.30. The first-order valence-electron chi connectivity index (χ1n) is 8.78. The fraction of sp³-hybridized carbons (Fsp3) is 0.150. The van der Waals surface area contributed by atoms with Crippen LogP contribution < -0.4 is 9.62 Å². The van der Waals surface area contributed by atoms with Crippen molar-refractivity contribution in [3.63, 3.8) is 0 Å². The molecular weight excluding hydrogens is 524 g/mol. The molecule has 0 saturated carbocycles. The van der Waals surface area contributed by atoms with Gasteiger partial charge in [-0.05, 0) is 64.8 Å². The lowest BCUT2D eigenvalue weighted by Gasteiger charge is -2.22. The van der Waals surface area contributed by atoms with E-state index >= 15 is 0 Å². The molecule has 1 heterocycles. The number of carbonyl (C=O) groups excluding carboxylic acids is 1. The van der Waals surface area contributed by atoms with E-state index in [-0.39, 0.29) is 5.69 Å². The van der Waals surface area contributed by atoms with Crippen LogP contribution >= 0.6 is 38.9 Å². The monoisotopic (exact) mass is 538 g/mol. The van der Waals surface area contributed by atoms with E-state index in [0.29, 0.717) is 27.1 Å². The maximum Gasteiger partial charge on any atom is 0.284 e. The molecule has 0 aliphatic carbocycles. The average Bonchev–Trinajstić information content (AvgIpc) is 3.09. The second-order valence-electron chi connectivity index (χ2n) is 6.60. The van der Waals surface area contributed by atoms with Crippen molar-refractivity contribution >= 4 is 65.6 Å². The van der Waals surface area contributed by atoms with Crippen molar-refractivity contribution in [3.05, 3.63) is 73.7 Å². The van der Waals surface area contributed by atoms with Crippen LogP contribution in [0.3, 0.4) is 0 Å². The van der Waals surface area contributed by atoms with Gasteiger partial charge in [0.25, 0.3) is 5.91 Å². The quantitative estimate of drug-likeness (QED) is 0.484. The summed E-state index contributed by atoms with van der Waals surface area (Å²) in [6, 6.07) is 14.6. The van der Waals surface area contributed by atoms with Crippen LogP contribution in [-0.2, 0) is 16.6 Å². The molecule has 31 heavy (non-hydrogen) atoms. The number of amides is 1. The van der Waals surface area contributed by atoms with Gasteiger partial charge in [0.05, 0.1) is 29.5 Å². The zero-order chi connectivity index (χ0) is 22.8. The average molecular weight is 540 g/mol. The third-order valence-electron chi connectivity index (χ3n) is 4.14. The van der Waals surface area contributed by atoms with E-state index in [1.165, 1.54) is 11.3 Å². The van der Waals surface area contributed by atoms with Crippen LogP contribution in [0, 0.1) is 18.3 Å². The molecule has 0 aliphatic heterocycles. The van der Waals surface area contributed by atoms with Gasteiger partial charge in [0, 0.05) is 15.0 Å². The number of hydrogen-bond donors (Lipinski definition) is 1. The molecule has 0 spiro atoms. The number of sulfonamides is 1. The summed E-state index contributed by atoms with van der Waals surface area (Å²) in [6.45, 7) is 2.09. The first kappa shape index (κ1) is 23.2. The van der Waals surface area contributed by atoms with E-state index in [1.807, 2.05) is 27.8 Å². The maximum absolute atomic E-state index is 12.4. The third kappa shape index (κ3) is 5.83. The Bertz CT molecular complexity index is 1280. The Labute approximate surface area is 197 Å². The predicted molar refractivity (Wildman–Crippen MR) is 125 cm³/mol. The van der Waals surface area contributed by atoms with Gasteiger partial charge in [-0.1, -0.05) is 17.7 Å². The van der Waals surface area contributed by atoms with Crippen LogP contribution in [0.1, 0.15) is 26.5 Å². The van der Waals surface area contributed by atoms with Gasteiger partial charge in [-0.3, -0.25) is 4.79 Å². The molecule has 0 aliphatic rings. The summed E-state index contributed by atoms with van der Waals surface area (Å²) in [5, 5.41) is 10.1. The zero-order valence-corrected chi connectivity index (χ0v) is 20.4. The Kier molecular flexibility index (Phi) is 7.01. The summed E-state index contributed by atoms with van der Waals surface area (Å²) in [5.41, 5.74) is 2.20. The minimum atomic E-state index is -3.71. The molecule has 2 aromatic carbocycles. The smallest absolute Gasteiger partial charge is 0.284 e. The van der Waals surface area contributed by atoms with Gasteiger partial charge in [0.15, 0.2) is 5.13 Å². The molecule has 0 radical (unpaired) electrons. The first-order valence-corrected chi connectivity index (χ1v) is 12.7. The van der Waals surface area contributed by atoms with Crippen molar-refractivity contribution in [1.29, 1.82) is 5.26 Å². The van der Waals surface area contributed by atoms with Crippen LogP contribution in [0.25, 0.3) is 0 Å². The lowest BCUT2D eigenvalue weighted by molar-refractivity contribution is 0.0977. The number of hydrogen-bond acceptors (Lipinski definition) is 7. The first-order chi connectivity index (χ1) is 14.6. The number of anilines is 2. The molecule has 0 atom stereocenters. The minimum Gasteiger partial charge on any atom is -0.313 e. The number of thiazole rings is 1. The van der Waals surface area contributed by atoms with Gasteiger partial charge in [-0.2, -0.15) is 5.26 Å². The number of aryl methyl sites for hydroxylation is 1. The summed E-state index contributed by atoms with van der Waals surface area (Å²) < 4.78 is 25.6. The van der Waals surface area contributed by atoms with Crippen molar-refractivity contribution in [3.8, 4) is 6.07 Å². The van der Waals surface area contributed by atoms with Crippen molar-refractivity contribution in [2.45, 2.75) is 13.5 Å². The second kappa shape index (κ2) is 9.36. The van der Waals surface area contributed by atoms with Crippen LogP contribution in [0.4, 0.5) is 10.8 Å². The van der Waals surface area contributed by atoms with E-state index in [0.717, 1.165) is 22.0 Å². The van der Waals surface area contributed by atoms with Gasteiger partial charge in [0.2, 0.25) is 10.0 Å². The van der Waals surface area contributed by atoms with E-state index in [9.17, 15) is 13.2 Å². The molecule has 0 fully saturated rings. The van der Waals surface area contributed by atoms with Crippen LogP contribution in [0.15, 0.2) is 46.9 Å². The van der Waals surface area contributed by atoms with E-state index in [4.69, 9.17) is 16.9 Å². The van der Waals surface area contributed by atoms with Crippen molar-refractivity contribution in [2.75, 3.05) is 11.2 Å². The molecule has 0 bridgehead atoms. The summed E-state index contributed by atoms with van der Waals surface area (Å²) in [4.78, 5) is 19.2. The van der Waals surface area contributed by atoms with Gasteiger partial charge in [-0.25, -0.2) is 18.1 Å². The summed E-state index contributed by atoms with van der Waals surface area (Å²) in [5.74, 6) is -0.783. The Morgan fingerprint density at radius 1 is 1.29 bits per heavy atom. The Morgan fingerprint density at radius 2 is 1.97 bits per heavy atom. The normalized spacial score (nSPS) is 11.1. The van der Waals surface area contributed by atoms with Crippen LogP contribution in [-0.4, -0.2) is 25.6 Å². The van der Waals surface area contributed by atoms with E-state index < -0.39 is 15.9 Å². The number of rotatable bonds is 6. The summed E-state index contributed by atoms with van der Waals surface area (Å²) in [6.07, 6.45) is 0.911. The largest absolute Gasteiger partial charge is 0.313 e. The van der Waals surface area contributed by atoms with Crippen molar-refractivity contribution in [1.82, 2.24) is 9.71 Å². The van der Waals surface area contributed by atoms with E-state index in [2.05, 4.69) is 27.0 Å². The van der Waals surface area contributed by atoms with Gasteiger partial charge in [-0.15, -0.1) is 11.3 Å². The fourth-order valence-electron chi connectivity index (χ4n) is 2.73. The Hall–Kier alpha value is -2.45. The molecule has 11 heteroatoms. The molecule has 1 amide bonds.